The van der Waals surface area contributed by atoms with Gasteiger partial charge in [-0.25, -0.2) is 0 Å². The zero-order chi connectivity index (χ0) is 18.0. The number of benzene rings is 3. The summed E-state index contributed by atoms with van der Waals surface area (Å²) in [5.74, 6) is 0.266. The maximum atomic E-state index is 12.8. The van der Waals surface area contributed by atoms with E-state index in [1.807, 2.05) is 18.2 Å². The second kappa shape index (κ2) is 6.91. The van der Waals surface area contributed by atoms with Gasteiger partial charge < -0.3 is 19.9 Å². The number of aromatic hydroxyl groups is 1. The van der Waals surface area contributed by atoms with Gasteiger partial charge in [0, 0.05) is 6.07 Å². The Hall–Kier alpha value is -2.92. The Morgan fingerprint density at radius 2 is 1.76 bits per heavy atom. The Balaban J connectivity index is 2.04. The molecule has 0 saturated carbocycles. The van der Waals surface area contributed by atoms with Crippen LogP contribution in [0.5, 0.6) is 17.2 Å². The van der Waals surface area contributed by atoms with Crippen LogP contribution < -0.4 is 14.8 Å². The van der Waals surface area contributed by atoms with Crippen LogP contribution in [0.15, 0.2) is 48.5 Å². The van der Waals surface area contributed by atoms with Crippen molar-refractivity contribution in [1.82, 2.24) is 0 Å². The third kappa shape index (κ3) is 3.19. The molecule has 0 radical (unpaired) electrons. The number of nitrogens with one attached hydrogen (secondary N) is 1. The average Bonchev–Trinajstić information content (AvgIpc) is 2.61. The minimum atomic E-state index is -0.464. The lowest BCUT2D eigenvalue weighted by atomic mass is 10.0. The molecular weight excluding hydrogens is 342 g/mol. The van der Waals surface area contributed by atoms with E-state index in [4.69, 9.17) is 21.1 Å². The number of phenols is 1. The molecule has 0 atom stereocenters. The monoisotopic (exact) mass is 357 g/mol. The van der Waals surface area contributed by atoms with Gasteiger partial charge in [-0.3, -0.25) is 4.79 Å². The molecule has 0 saturated heterocycles. The molecule has 0 spiro atoms. The molecule has 0 aliphatic carbocycles. The highest BCUT2D eigenvalue weighted by molar-refractivity contribution is 6.32. The predicted octanol–water partition coefficient (Wildman–Crippen LogP) is 4.47. The second-order valence-corrected chi connectivity index (χ2v) is 5.73. The van der Waals surface area contributed by atoms with Crippen LogP contribution in [0.1, 0.15) is 10.4 Å². The summed E-state index contributed by atoms with van der Waals surface area (Å²) in [5, 5.41) is 14.8. The van der Waals surface area contributed by atoms with E-state index >= 15 is 0 Å². The van der Waals surface area contributed by atoms with Gasteiger partial charge in [-0.1, -0.05) is 41.9 Å². The Morgan fingerprint density at radius 1 is 1.04 bits per heavy atom. The molecule has 3 aromatic carbocycles. The molecule has 0 bridgehead atoms. The van der Waals surface area contributed by atoms with E-state index in [-0.39, 0.29) is 11.3 Å². The number of phenolic OH excluding ortho intramolecular Hbond substituents is 1. The second-order valence-electron chi connectivity index (χ2n) is 5.32. The number of ether oxygens (including phenoxy) is 2. The lowest BCUT2D eigenvalue weighted by molar-refractivity contribution is 0.102. The van der Waals surface area contributed by atoms with Gasteiger partial charge in [-0.15, -0.1) is 0 Å². The Bertz CT molecular complexity index is 956. The van der Waals surface area contributed by atoms with Crippen LogP contribution in [0.4, 0.5) is 5.69 Å². The quantitative estimate of drug-likeness (QED) is 0.723. The third-order valence-corrected chi connectivity index (χ3v) is 4.15. The van der Waals surface area contributed by atoms with Crippen LogP contribution in [0.25, 0.3) is 10.8 Å². The van der Waals surface area contributed by atoms with Crippen molar-refractivity contribution in [3.8, 4) is 17.2 Å². The van der Waals surface area contributed by atoms with Crippen molar-refractivity contribution >= 4 is 34.0 Å². The van der Waals surface area contributed by atoms with E-state index < -0.39 is 5.91 Å². The minimum Gasteiger partial charge on any atom is -0.507 e. The topological polar surface area (TPSA) is 67.8 Å². The average molecular weight is 358 g/mol. The zero-order valence-corrected chi connectivity index (χ0v) is 14.4. The first-order chi connectivity index (χ1) is 12.0. The number of hydrogen-bond donors (Lipinski definition) is 2. The van der Waals surface area contributed by atoms with E-state index in [9.17, 15) is 9.90 Å². The molecule has 0 aromatic heterocycles. The van der Waals surface area contributed by atoms with Gasteiger partial charge in [0.05, 0.1) is 30.5 Å². The highest BCUT2D eigenvalue weighted by atomic mass is 35.5. The van der Waals surface area contributed by atoms with E-state index in [0.29, 0.717) is 27.6 Å². The van der Waals surface area contributed by atoms with Gasteiger partial charge in [-0.2, -0.15) is 0 Å². The van der Waals surface area contributed by atoms with Crippen LogP contribution in [0.2, 0.25) is 5.02 Å². The number of carbonyl (C=O) groups is 1. The molecule has 2 N–H and O–H groups in total. The fourth-order valence-electron chi connectivity index (χ4n) is 2.64. The first kappa shape index (κ1) is 16.9. The van der Waals surface area contributed by atoms with E-state index in [1.54, 1.807) is 24.3 Å². The van der Waals surface area contributed by atoms with Gasteiger partial charge in [0.1, 0.15) is 17.2 Å². The van der Waals surface area contributed by atoms with Gasteiger partial charge in [0.25, 0.3) is 5.91 Å². The van der Waals surface area contributed by atoms with Gasteiger partial charge in [0.15, 0.2) is 0 Å². The van der Waals surface area contributed by atoms with Crippen LogP contribution >= 0.6 is 11.6 Å². The summed E-state index contributed by atoms with van der Waals surface area (Å²) >= 11 is 6.13. The van der Waals surface area contributed by atoms with Crippen LogP contribution in [0.3, 0.4) is 0 Å². The molecule has 25 heavy (non-hydrogen) atoms. The standard InChI is InChI=1S/C19H16ClNO4/c1-24-16-10-17(25-2)14(9-13(16)20)21-19(23)18-12-6-4-3-5-11(12)7-8-15(18)22/h3-10,22H,1-2H3,(H,21,23). The summed E-state index contributed by atoms with van der Waals surface area (Å²) in [5.41, 5.74) is 0.567. The van der Waals surface area contributed by atoms with Crippen molar-refractivity contribution in [3.63, 3.8) is 0 Å². The van der Waals surface area contributed by atoms with E-state index in [0.717, 1.165) is 5.39 Å². The number of carbonyl (C=O) groups excluding carboxylic acids is 1. The normalized spacial score (nSPS) is 10.5. The fourth-order valence-corrected chi connectivity index (χ4v) is 2.88. The highest BCUT2D eigenvalue weighted by Crippen LogP contribution is 2.37. The van der Waals surface area contributed by atoms with E-state index in [2.05, 4.69) is 5.32 Å². The van der Waals surface area contributed by atoms with Gasteiger partial charge in [0.2, 0.25) is 0 Å². The van der Waals surface area contributed by atoms with Crippen LogP contribution in [0, 0.1) is 0 Å². The third-order valence-electron chi connectivity index (χ3n) is 3.86. The number of anilines is 1. The summed E-state index contributed by atoms with van der Waals surface area (Å²) < 4.78 is 10.4. The molecule has 0 heterocycles. The maximum Gasteiger partial charge on any atom is 0.260 e. The minimum absolute atomic E-state index is 0.102. The molecule has 0 aliphatic heterocycles. The zero-order valence-electron chi connectivity index (χ0n) is 13.7. The first-order valence-electron chi connectivity index (χ1n) is 7.48. The van der Waals surface area contributed by atoms with E-state index in [1.165, 1.54) is 20.3 Å². The number of methoxy groups -OCH3 is 2. The fraction of sp³-hybridized carbons (Fsp3) is 0.105. The lowest BCUT2D eigenvalue weighted by Gasteiger charge is -2.14. The van der Waals surface area contributed by atoms with Crippen molar-refractivity contribution < 1.29 is 19.4 Å². The molecule has 0 fully saturated rings. The van der Waals surface area contributed by atoms with Crippen LogP contribution in [-0.2, 0) is 0 Å². The molecule has 0 aliphatic rings. The summed E-state index contributed by atoms with van der Waals surface area (Å²) in [6.07, 6.45) is 0. The van der Waals surface area contributed by atoms with Crippen molar-refractivity contribution in [1.29, 1.82) is 0 Å². The molecule has 1 amide bonds. The smallest absolute Gasteiger partial charge is 0.260 e. The van der Waals surface area contributed by atoms with Gasteiger partial charge in [-0.05, 0) is 22.9 Å². The lowest BCUT2D eigenvalue weighted by Crippen LogP contribution is -2.13. The number of hydrogen-bond acceptors (Lipinski definition) is 4. The first-order valence-corrected chi connectivity index (χ1v) is 7.86. The van der Waals surface area contributed by atoms with Gasteiger partial charge >= 0.3 is 0 Å². The Morgan fingerprint density at radius 3 is 2.48 bits per heavy atom. The summed E-state index contributed by atoms with van der Waals surface area (Å²) in [6.45, 7) is 0. The molecular formula is C19H16ClNO4. The van der Waals surface area contributed by atoms with Crippen molar-refractivity contribution in [3.05, 3.63) is 59.1 Å². The molecule has 0 unspecified atom stereocenters. The number of fused-ring (bicyclic) bond motifs is 1. The summed E-state index contributed by atoms with van der Waals surface area (Å²) in [7, 11) is 2.97. The summed E-state index contributed by atoms with van der Waals surface area (Å²) in [4.78, 5) is 12.8. The van der Waals surface area contributed by atoms with Crippen molar-refractivity contribution in [2.45, 2.75) is 0 Å². The number of halogens is 1. The number of amides is 1. The molecule has 128 valence electrons. The number of rotatable bonds is 4. The molecule has 3 aromatic rings. The van der Waals surface area contributed by atoms with Crippen molar-refractivity contribution in [2.24, 2.45) is 0 Å². The predicted molar refractivity (Wildman–Crippen MR) is 98.1 cm³/mol. The van der Waals surface area contributed by atoms with Crippen LogP contribution in [-0.4, -0.2) is 25.2 Å². The van der Waals surface area contributed by atoms with Crippen molar-refractivity contribution in [2.75, 3.05) is 19.5 Å². The highest BCUT2D eigenvalue weighted by Gasteiger charge is 2.18. The Kier molecular flexibility index (Phi) is 4.67. The molecule has 6 heteroatoms. The summed E-state index contributed by atoms with van der Waals surface area (Å²) in [6, 6.07) is 13.7. The Labute approximate surface area is 149 Å². The maximum absolute atomic E-state index is 12.8. The molecule has 3 rings (SSSR count). The SMILES string of the molecule is COc1cc(OC)c(NC(=O)c2c(O)ccc3ccccc23)cc1Cl. The largest absolute Gasteiger partial charge is 0.507 e. The molecule has 5 nitrogen and oxygen atoms in total.